The molecular formula is C16H28. The van der Waals surface area contributed by atoms with Crippen molar-refractivity contribution in [1.29, 1.82) is 0 Å². The van der Waals surface area contributed by atoms with E-state index in [4.69, 9.17) is 0 Å². The molecule has 0 radical (unpaired) electrons. The van der Waals surface area contributed by atoms with Gasteiger partial charge in [0.15, 0.2) is 0 Å². The Bertz CT molecular complexity index is 188. The summed E-state index contributed by atoms with van der Waals surface area (Å²) >= 11 is 0. The van der Waals surface area contributed by atoms with E-state index in [0.29, 0.717) is 0 Å². The molecule has 2 aliphatic rings. The van der Waals surface area contributed by atoms with Crippen LogP contribution in [0.5, 0.6) is 0 Å². The lowest BCUT2D eigenvalue weighted by Crippen LogP contribution is -2.08. The summed E-state index contributed by atoms with van der Waals surface area (Å²) in [5, 5.41) is 0. The number of hydrogen-bond donors (Lipinski definition) is 0. The molecule has 0 bridgehead atoms. The molecule has 2 unspecified atom stereocenters. The molecule has 0 saturated heterocycles. The molecule has 0 fully saturated rings. The number of allylic oxidation sites excluding steroid dienone is 4. The molecule has 0 aromatic heterocycles. The predicted octanol–water partition coefficient (Wildman–Crippen LogP) is 5.51. The predicted molar refractivity (Wildman–Crippen MR) is 73.5 cm³/mol. The van der Waals surface area contributed by atoms with Crippen LogP contribution >= 0.6 is 0 Å². The molecule has 92 valence electrons. The van der Waals surface area contributed by atoms with Gasteiger partial charge in [0, 0.05) is 0 Å². The van der Waals surface area contributed by atoms with Crippen LogP contribution in [0.4, 0.5) is 0 Å². The maximum absolute atomic E-state index is 2.38. The summed E-state index contributed by atoms with van der Waals surface area (Å²) in [6.45, 7) is 4.00. The Morgan fingerprint density at radius 3 is 1.50 bits per heavy atom. The lowest BCUT2D eigenvalue weighted by molar-refractivity contribution is 0.356. The van der Waals surface area contributed by atoms with Crippen molar-refractivity contribution in [3.05, 3.63) is 24.3 Å². The lowest BCUT2D eigenvalue weighted by Gasteiger charge is -2.22. The molecule has 0 N–H and O–H groups in total. The van der Waals surface area contributed by atoms with Crippen LogP contribution in [0.1, 0.15) is 65.2 Å². The van der Waals surface area contributed by atoms with Crippen molar-refractivity contribution < 1.29 is 0 Å². The maximum atomic E-state index is 2.38. The summed E-state index contributed by atoms with van der Waals surface area (Å²) in [5.41, 5.74) is 0. The minimum absolute atomic E-state index is 1.01. The van der Waals surface area contributed by atoms with Gasteiger partial charge in [-0.25, -0.2) is 0 Å². The normalized spacial score (nSPS) is 28.4. The largest absolute Gasteiger partial charge is 0.0885 e. The molecule has 0 heteroatoms. The molecule has 0 nitrogen and oxygen atoms in total. The first-order chi connectivity index (χ1) is 7.95. The standard InChI is InChI=1S/C14H22.C2H6/c1-3-7-13(8-4-1)11-12-14-9-5-2-6-10-14;1-2/h1-3,5,13-14H,4,6-12H2;1-2H3. The van der Waals surface area contributed by atoms with Crippen molar-refractivity contribution in [1.82, 2.24) is 0 Å². The smallest absolute Gasteiger partial charge is 0.0322 e. The molecule has 0 saturated carbocycles. The number of rotatable bonds is 3. The summed E-state index contributed by atoms with van der Waals surface area (Å²) in [5.74, 6) is 2.01. The van der Waals surface area contributed by atoms with E-state index in [1.807, 2.05) is 13.8 Å². The van der Waals surface area contributed by atoms with E-state index in [9.17, 15) is 0 Å². The highest BCUT2D eigenvalue weighted by atomic mass is 14.2. The highest BCUT2D eigenvalue weighted by molar-refractivity contribution is 4.92. The Balaban J connectivity index is 0.000000606. The minimum atomic E-state index is 1.01. The third-order valence-electron chi connectivity index (χ3n) is 3.74. The van der Waals surface area contributed by atoms with Gasteiger partial charge in [0.2, 0.25) is 0 Å². The Labute approximate surface area is 102 Å². The van der Waals surface area contributed by atoms with Gasteiger partial charge in [-0.15, -0.1) is 0 Å². The molecule has 0 spiro atoms. The second kappa shape index (κ2) is 8.61. The quantitative estimate of drug-likeness (QED) is 0.550. The van der Waals surface area contributed by atoms with Gasteiger partial charge in [0.25, 0.3) is 0 Å². The van der Waals surface area contributed by atoms with E-state index in [2.05, 4.69) is 24.3 Å². The summed E-state index contributed by atoms with van der Waals surface area (Å²) in [6.07, 6.45) is 20.7. The van der Waals surface area contributed by atoms with Gasteiger partial charge in [-0.05, 0) is 63.2 Å². The fraction of sp³-hybridized carbons (Fsp3) is 0.750. The molecule has 2 aliphatic carbocycles. The van der Waals surface area contributed by atoms with Gasteiger partial charge in [0.05, 0.1) is 0 Å². The van der Waals surface area contributed by atoms with Crippen LogP contribution in [0.2, 0.25) is 0 Å². The third-order valence-corrected chi connectivity index (χ3v) is 3.74. The topological polar surface area (TPSA) is 0 Å². The van der Waals surface area contributed by atoms with Gasteiger partial charge >= 0.3 is 0 Å². The molecule has 2 atom stereocenters. The van der Waals surface area contributed by atoms with E-state index in [1.165, 1.54) is 51.4 Å². The van der Waals surface area contributed by atoms with Crippen molar-refractivity contribution in [3.63, 3.8) is 0 Å². The zero-order valence-corrected chi connectivity index (χ0v) is 11.1. The van der Waals surface area contributed by atoms with E-state index in [1.54, 1.807) is 0 Å². The molecule has 2 rings (SSSR count). The van der Waals surface area contributed by atoms with Gasteiger partial charge in [-0.3, -0.25) is 0 Å². The van der Waals surface area contributed by atoms with Crippen molar-refractivity contribution >= 4 is 0 Å². The van der Waals surface area contributed by atoms with Crippen LogP contribution < -0.4 is 0 Å². The monoisotopic (exact) mass is 220 g/mol. The zero-order valence-electron chi connectivity index (χ0n) is 11.1. The SMILES string of the molecule is C1=CCC(CCC2CC=CCC2)CC1.CC. The third kappa shape index (κ3) is 5.01. The molecular weight excluding hydrogens is 192 g/mol. The molecule has 0 amide bonds. The van der Waals surface area contributed by atoms with Crippen molar-refractivity contribution in [2.24, 2.45) is 11.8 Å². The summed E-state index contributed by atoms with van der Waals surface area (Å²) in [4.78, 5) is 0. The highest BCUT2D eigenvalue weighted by Crippen LogP contribution is 2.29. The molecule has 0 aliphatic heterocycles. The first-order valence-electron chi connectivity index (χ1n) is 7.25. The summed E-state index contributed by atoms with van der Waals surface area (Å²) in [7, 11) is 0. The van der Waals surface area contributed by atoms with Crippen LogP contribution in [0.15, 0.2) is 24.3 Å². The van der Waals surface area contributed by atoms with E-state index < -0.39 is 0 Å². The summed E-state index contributed by atoms with van der Waals surface area (Å²) < 4.78 is 0. The molecule has 16 heavy (non-hydrogen) atoms. The van der Waals surface area contributed by atoms with Crippen LogP contribution in [0, 0.1) is 11.8 Å². The molecule has 0 aromatic rings. The average molecular weight is 220 g/mol. The average Bonchev–Trinajstić information content (AvgIpc) is 2.41. The first-order valence-corrected chi connectivity index (χ1v) is 7.25. The minimum Gasteiger partial charge on any atom is -0.0885 e. The van der Waals surface area contributed by atoms with Crippen LogP contribution in [-0.4, -0.2) is 0 Å². The summed E-state index contributed by atoms with van der Waals surface area (Å²) in [6, 6.07) is 0. The van der Waals surface area contributed by atoms with Gasteiger partial charge in [0.1, 0.15) is 0 Å². The van der Waals surface area contributed by atoms with Gasteiger partial charge in [-0.2, -0.15) is 0 Å². The second-order valence-corrected chi connectivity index (χ2v) is 4.88. The van der Waals surface area contributed by atoms with Crippen molar-refractivity contribution in [2.45, 2.75) is 65.2 Å². The van der Waals surface area contributed by atoms with E-state index >= 15 is 0 Å². The Morgan fingerprint density at radius 2 is 1.19 bits per heavy atom. The van der Waals surface area contributed by atoms with Gasteiger partial charge in [-0.1, -0.05) is 38.2 Å². The first kappa shape index (κ1) is 13.5. The van der Waals surface area contributed by atoms with E-state index in [0.717, 1.165) is 11.8 Å². The van der Waals surface area contributed by atoms with Crippen LogP contribution in [0.25, 0.3) is 0 Å². The fourth-order valence-electron chi connectivity index (χ4n) is 2.71. The van der Waals surface area contributed by atoms with E-state index in [-0.39, 0.29) is 0 Å². The second-order valence-electron chi connectivity index (χ2n) is 4.88. The van der Waals surface area contributed by atoms with Gasteiger partial charge < -0.3 is 0 Å². The molecule has 0 heterocycles. The Morgan fingerprint density at radius 1 is 0.750 bits per heavy atom. The fourth-order valence-corrected chi connectivity index (χ4v) is 2.71. The highest BCUT2D eigenvalue weighted by Gasteiger charge is 2.14. The van der Waals surface area contributed by atoms with Crippen LogP contribution in [-0.2, 0) is 0 Å². The van der Waals surface area contributed by atoms with Crippen LogP contribution in [0.3, 0.4) is 0 Å². The van der Waals surface area contributed by atoms with Crippen molar-refractivity contribution in [3.8, 4) is 0 Å². The molecule has 0 aromatic carbocycles. The van der Waals surface area contributed by atoms with Crippen molar-refractivity contribution in [2.75, 3.05) is 0 Å². The Hall–Kier alpha value is -0.520. The Kier molecular flexibility index (Phi) is 7.29. The zero-order chi connectivity index (χ0) is 11.6. The maximum Gasteiger partial charge on any atom is -0.0322 e. The number of hydrogen-bond acceptors (Lipinski definition) is 0. The lowest BCUT2D eigenvalue weighted by atomic mass is 9.84.